The van der Waals surface area contributed by atoms with Gasteiger partial charge in [-0.1, -0.05) is 102 Å². The molecule has 0 aliphatic carbocycles. The van der Waals surface area contributed by atoms with E-state index >= 15 is 0 Å². The molecule has 4 nitrogen and oxygen atoms in total. The minimum Gasteiger partial charge on any atom is -0.458 e. The van der Waals surface area contributed by atoms with Crippen molar-refractivity contribution in [2.24, 2.45) is 0 Å². The van der Waals surface area contributed by atoms with E-state index in [2.05, 4.69) is 13.8 Å². The molecule has 0 spiro atoms. The third-order valence-corrected chi connectivity index (χ3v) is 4.78. The summed E-state index contributed by atoms with van der Waals surface area (Å²) in [4.78, 5) is 23.1. The van der Waals surface area contributed by atoms with E-state index in [-0.39, 0.29) is 13.2 Å². The molecule has 30 heavy (non-hydrogen) atoms. The van der Waals surface area contributed by atoms with Crippen LogP contribution in [0.5, 0.6) is 0 Å². The van der Waals surface area contributed by atoms with Crippen molar-refractivity contribution in [2.45, 2.75) is 104 Å². The Labute approximate surface area is 184 Å². The monoisotopic (exact) mass is 420 g/mol. The predicted octanol–water partition coefficient (Wildman–Crippen LogP) is 7.24. The van der Waals surface area contributed by atoms with Gasteiger partial charge in [0, 0.05) is 12.2 Å². The molecule has 0 amide bonds. The smallest absolute Gasteiger partial charge is 0.331 e. The van der Waals surface area contributed by atoms with Crippen LogP contribution in [0.25, 0.3) is 0 Å². The van der Waals surface area contributed by atoms with E-state index in [1.165, 1.54) is 77.0 Å². The quantitative estimate of drug-likeness (QED) is 0.0901. The maximum absolute atomic E-state index is 11.6. The first-order chi connectivity index (χ1) is 14.7. The number of hydrogen-bond acceptors (Lipinski definition) is 4. The highest BCUT2D eigenvalue weighted by Gasteiger charge is 1.99. The van der Waals surface area contributed by atoms with E-state index in [4.69, 9.17) is 9.47 Å². The summed E-state index contributed by atoms with van der Waals surface area (Å²) < 4.78 is 10.0. The van der Waals surface area contributed by atoms with Crippen molar-refractivity contribution in [2.75, 3.05) is 13.2 Å². The highest BCUT2D eigenvalue weighted by Crippen LogP contribution is 2.08. The Morgan fingerprint density at radius 3 is 1.30 bits per heavy atom. The number of hydrogen-bond donors (Lipinski definition) is 0. The molecule has 0 atom stereocenters. The van der Waals surface area contributed by atoms with Crippen molar-refractivity contribution >= 4 is 11.9 Å². The van der Waals surface area contributed by atoms with Crippen molar-refractivity contribution < 1.29 is 19.1 Å². The second-order valence-corrected chi connectivity index (χ2v) is 7.65. The molecule has 0 rings (SSSR count). The standard InChI is InChI=1S/C26H44O4/c1-3-5-7-9-11-13-15-17-19-23-29-25(27)21-22-26(28)30-24-20-18-16-14-12-10-8-6-4-2/h17-22H,3-16,23-24H2,1-2H3/b19-17+,20-18+,22-21+. The van der Waals surface area contributed by atoms with Crippen LogP contribution < -0.4 is 0 Å². The summed E-state index contributed by atoms with van der Waals surface area (Å²) in [6.45, 7) is 4.90. The van der Waals surface area contributed by atoms with Crippen molar-refractivity contribution in [3.8, 4) is 0 Å². The Hall–Kier alpha value is -1.84. The first kappa shape index (κ1) is 28.2. The molecule has 0 fully saturated rings. The third-order valence-electron chi connectivity index (χ3n) is 4.78. The SMILES string of the molecule is CCCCCCCC/C=C/COC(=O)/C=C/C(=O)OC/C=C/CCCCCCCC. The largest absolute Gasteiger partial charge is 0.458 e. The van der Waals surface area contributed by atoms with Gasteiger partial charge in [-0.05, 0) is 25.7 Å². The molecule has 0 unspecified atom stereocenters. The lowest BCUT2D eigenvalue weighted by molar-refractivity contribution is -0.139. The van der Waals surface area contributed by atoms with E-state index in [9.17, 15) is 9.59 Å². The van der Waals surface area contributed by atoms with Gasteiger partial charge in [-0.25, -0.2) is 9.59 Å². The average molecular weight is 421 g/mol. The fraction of sp³-hybridized carbons (Fsp3) is 0.692. The van der Waals surface area contributed by atoms with Gasteiger partial charge in [0.15, 0.2) is 0 Å². The van der Waals surface area contributed by atoms with Crippen LogP contribution in [-0.4, -0.2) is 25.2 Å². The zero-order chi connectivity index (χ0) is 22.1. The van der Waals surface area contributed by atoms with Crippen LogP contribution in [-0.2, 0) is 19.1 Å². The van der Waals surface area contributed by atoms with Crippen molar-refractivity contribution in [1.82, 2.24) is 0 Å². The molecule has 0 aromatic heterocycles. The minimum absolute atomic E-state index is 0.231. The van der Waals surface area contributed by atoms with Crippen LogP contribution in [0.1, 0.15) is 104 Å². The van der Waals surface area contributed by atoms with E-state index in [1.807, 2.05) is 24.3 Å². The third kappa shape index (κ3) is 22.4. The molecular weight excluding hydrogens is 376 g/mol. The molecule has 172 valence electrons. The van der Waals surface area contributed by atoms with E-state index in [0.717, 1.165) is 25.0 Å². The lowest BCUT2D eigenvalue weighted by Crippen LogP contribution is -2.04. The van der Waals surface area contributed by atoms with Gasteiger partial charge >= 0.3 is 11.9 Å². The summed E-state index contributed by atoms with van der Waals surface area (Å²) in [7, 11) is 0. The van der Waals surface area contributed by atoms with E-state index in [1.54, 1.807) is 0 Å². The van der Waals surface area contributed by atoms with Gasteiger partial charge in [0.2, 0.25) is 0 Å². The van der Waals surface area contributed by atoms with Crippen LogP contribution in [0.3, 0.4) is 0 Å². The first-order valence-electron chi connectivity index (χ1n) is 12.0. The molecule has 0 aliphatic rings. The second kappa shape index (κ2) is 23.4. The number of carbonyl (C=O) groups excluding carboxylic acids is 2. The highest BCUT2D eigenvalue weighted by molar-refractivity contribution is 5.91. The minimum atomic E-state index is -0.533. The van der Waals surface area contributed by atoms with Gasteiger partial charge in [-0.2, -0.15) is 0 Å². The molecular formula is C26H44O4. The number of allylic oxidation sites excluding steroid dienone is 2. The number of unbranched alkanes of at least 4 members (excludes halogenated alkanes) is 12. The number of rotatable bonds is 20. The van der Waals surface area contributed by atoms with Crippen LogP contribution in [0, 0.1) is 0 Å². The lowest BCUT2D eigenvalue weighted by atomic mass is 10.1. The van der Waals surface area contributed by atoms with Gasteiger partial charge in [0.05, 0.1) is 0 Å². The number of esters is 2. The van der Waals surface area contributed by atoms with Crippen molar-refractivity contribution in [3.05, 3.63) is 36.5 Å². The summed E-state index contributed by atoms with van der Waals surface area (Å²) >= 11 is 0. The molecule has 0 N–H and O–H groups in total. The molecule has 0 saturated heterocycles. The Kier molecular flexibility index (Phi) is 22.0. The average Bonchev–Trinajstić information content (AvgIpc) is 2.75. The molecule has 0 aromatic rings. The van der Waals surface area contributed by atoms with Crippen LogP contribution >= 0.6 is 0 Å². The topological polar surface area (TPSA) is 52.6 Å². The van der Waals surface area contributed by atoms with Gasteiger partial charge in [0.25, 0.3) is 0 Å². The molecule has 0 aromatic carbocycles. The molecule has 0 bridgehead atoms. The summed E-state index contributed by atoms with van der Waals surface area (Å²) in [6, 6.07) is 0. The maximum Gasteiger partial charge on any atom is 0.331 e. The van der Waals surface area contributed by atoms with Crippen LogP contribution in [0.15, 0.2) is 36.5 Å². The summed E-state index contributed by atoms with van der Waals surface area (Å²) in [5, 5.41) is 0. The van der Waals surface area contributed by atoms with Crippen LogP contribution in [0.4, 0.5) is 0 Å². The Balaban J connectivity index is 3.59. The molecule has 0 aliphatic heterocycles. The molecule has 4 heteroatoms. The second-order valence-electron chi connectivity index (χ2n) is 7.65. The Bertz CT molecular complexity index is 447. The summed E-state index contributed by atoms with van der Waals surface area (Å²) in [6.07, 6.45) is 27.3. The Morgan fingerprint density at radius 1 is 0.533 bits per heavy atom. The fourth-order valence-corrected chi connectivity index (χ4v) is 2.95. The summed E-state index contributed by atoms with van der Waals surface area (Å²) in [5.41, 5.74) is 0. The van der Waals surface area contributed by atoms with Crippen molar-refractivity contribution in [1.29, 1.82) is 0 Å². The zero-order valence-electron chi connectivity index (χ0n) is 19.4. The van der Waals surface area contributed by atoms with Gasteiger partial charge in [-0.15, -0.1) is 0 Å². The van der Waals surface area contributed by atoms with Crippen molar-refractivity contribution in [3.63, 3.8) is 0 Å². The lowest BCUT2D eigenvalue weighted by Gasteiger charge is -1.99. The van der Waals surface area contributed by atoms with Crippen LogP contribution in [0.2, 0.25) is 0 Å². The van der Waals surface area contributed by atoms with Gasteiger partial charge in [0.1, 0.15) is 13.2 Å². The maximum atomic E-state index is 11.6. The van der Waals surface area contributed by atoms with Gasteiger partial charge < -0.3 is 9.47 Å². The Morgan fingerprint density at radius 2 is 0.900 bits per heavy atom. The fourth-order valence-electron chi connectivity index (χ4n) is 2.95. The summed E-state index contributed by atoms with van der Waals surface area (Å²) in [5.74, 6) is -1.07. The van der Waals surface area contributed by atoms with Gasteiger partial charge in [-0.3, -0.25) is 0 Å². The predicted molar refractivity (Wildman–Crippen MR) is 125 cm³/mol. The number of ether oxygens (including phenoxy) is 2. The molecule has 0 radical (unpaired) electrons. The zero-order valence-corrected chi connectivity index (χ0v) is 19.4. The molecule has 0 heterocycles. The highest BCUT2D eigenvalue weighted by atomic mass is 16.5. The first-order valence-corrected chi connectivity index (χ1v) is 12.0. The molecule has 0 saturated carbocycles. The van der Waals surface area contributed by atoms with E-state index < -0.39 is 11.9 Å². The van der Waals surface area contributed by atoms with E-state index in [0.29, 0.717) is 0 Å². The number of carbonyl (C=O) groups is 2. The normalized spacial score (nSPS) is 11.7.